The summed E-state index contributed by atoms with van der Waals surface area (Å²) in [5.41, 5.74) is 1.21. The van der Waals surface area contributed by atoms with Crippen molar-refractivity contribution in [2.75, 3.05) is 19.6 Å². The highest BCUT2D eigenvalue weighted by molar-refractivity contribution is 5.84. The minimum absolute atomic E-state index is 0.124. The van der Waals surface area contributed by atoms with Gasteiger partial charge in [-0.15, -0.1) is 0 Å². The van der Waals surface area contributed by atoms with Crippen molar-refractivity contribution in [1.29, 1.82) is 0 Å². The maximum absolute atomic E-state index is 13.6. The van der Waals surface area contributed by atoms with Gasteiger partial charge < -0.3 is 10.2 Å². The fraction of sp³-hybridized carbons (Fsp3) is 0.650. The Kier molecular flexibility index (Phi) is 3.92. The number of nitrogens with zero attached hydrogens (tertiary/aromatic N) is 1. The lowest BCUT2D eigenvalue weighted by atomic mass is 9.68. The maximum Gasteiger partial charge on any atom is 0.229 e. The summed E-state index contributed by atoms with van der Waals surface area (Å²) in [6.45, 7) is 4.86. The van der Waals surface area contributed by atoms with Crippen LogP contribution in [-0.2, 0) is 11.2 Å². The second-order valence-electron chi connectivity index (χ2n) is 8.00. The Labute approximate surface area is 139 Å². The third kappa shape index (κ3) is 2.69. The topological polar surface area (TPSA) is 32.3 Å². The van der Waals surface area contributed by atoms with Crippen LogP contribution in [0.2, 0.25) is 0 Å². The van der Waals surface area contributed by atoms with Crippen LogP contribution >= 0.6 is 0 Å². The Hall–Kier alpha value is -1.35. The van der Waals surface area contributed by atoms with Crippen molar-refractivity contribution >= 4 is 5.91 Å². The van der Waals surface area contributed by atoms with E-state index in [1.54, 1.807) is 0 Å². The Morgan fingerprint density at radius 3 is 2.78 bits per heavy atom. The van der Waals surface area contributed by atoms with Gasteiger partial charge in [0, 0.05) is 25.7 Å². The number of fused-ring (bicyclic) bond motifs is 2. The third-order valence-corrected chi connectivity index (χ3v) is 6.42. The zero-order valence-corrected chi connectivity index (χ0v) is 14.1. The van der Waals surface area contributed by atoms with Gasteiger partial charge in [0.25, 0.3) is 0 Å². The number of hydrogen-bond donors (Lipinski definition) is 1. The van der Waals surface area contributed by atoms with Crippen molar-refractivity contribution < 1.29 is 4.79 Å². The fourth-order valence-corrected chi connectivity index (χ4v) is 5.39. The van der Waals surface area contributed by atoms with Gasteiger partial charge in [-0.1, -0.05) is 36.8 Å². The molecule has 23 heavy (non-hydrogen) atoms. The number of hydrogen-bond acceptors (Lipinski definition) is 2. The third-order valence-electron chi connectivity index (χ3n) is 6.42. The molecular formula is C20H28N2O. The molecule has 124 valence electrons. The molecule has 2 bridgehead atoms. The molecule has 2 aliphatic carbocycles. The Bertz CT molecular complexity index is 572. The average Bonchev–Trinajstić information content (AvgIpc) is 3.16. The molecule has 3 aliphatic rings. The average molecular weight is 312 g/mol. The van der Waals surface area contributed by atoms with Crippen LogP contribution < -0.4 is 5.32 Å². The summed E-state index contributed by atoms with van der Waals surface area (Å²) in [6, 6.07) is 11.1. The van der Waals surface area contributed by atoms with Crippen LogP contribution in [0.1, 0.15) is 38.2 Å². The lowest BCUT2D eigenvalue weighted by Crippen LogP contribution is -2.56. The zero-order valence-electron chi connectivity index (χ0n) is 14.1. The van der Waals surface area contributed by atoms with Crippen LogP contribution in [0, 0.1) is 17.3 Å². The number of carbonyl (C=O) groups is 1. The minimum atomic E-state index is -0.124. The Balaban J connectivity index is 1.62. The Morgan fingerprint density at radius 1 is 1.30 bits per heavy atom. The number of piperazine rings is 1. The summed E-state index contributed by atoms with van der Waals surface area (Å²) in [4.78, 5) is 15.7. The number of rotatable bonds is 3. The van der Waals surface area contributed by atoms with Crippen molar-refractivity contribution in [2.24, 2.45) is 17.3 Å². The number of nitrogens with one attached hydrogen (secondary N) is 1. The summed E-state index contributed by atoms with van der Waals surface area (Å²) in [5, 5.41) is 3.46. The first-order valence-corrected chi connectivity index (χ1v) is 9.24. The molecule has 3 heteroatoms. The normalized spacial score (nSPS) is 36.4. The lowest BCUT2D eigenvalue weighted by Gasteiger charge is -2.43. The van der Waals surface area contributed by atoms with Gasteiger partial charge in [0.15, 0.2) is 0 Å². The lowest BCUT2D eigenvalue weighted by molar-refractivity contribution is -0.146. The summed E-state index contributed by atoms with van der Waals surface area (Å²) in [5.74, 6) is 1.83. The summed E-state index contributed by atoms with van der Waals surface area (Å²) in [6.07, 6.45) is 5.92. The van der Waals surface area contributed by atoms with E-state index in [1.165, 1.54) is 24.8 Å². The number of benzene rings is 1. The number of amides is 1. The van der Waals surface area contributed by atoms with Crippen LogP contribution in [0.25, 0.3) is 0 Å². The second kappa shape index (κ2) is 5.94. The van der Waals surface area contributed by atoms with Crippen molar-refractivity contribution in [3.05, 3.63) is 35.9 Å². The van der Waals surface area contributed by atoms with Gasteiger partial charge in [0.2, 0.25) is 5.91 Å². The highest BCUT2D eigenvalue weighted by Crippen LogP contribution is 2.58. The molecule has 1 saturated heterocycles. The first-order chi connectivity index (χ1) is 11.2. The van der Waals surface area contributed by atoms with Gasteiger partial charge in [-0.2, -0.15) is 0 Å². The van der Waals surface area contributed by atoms with Gasteiger partial charge in [-0.3, -0.25) is 4.79 Å². The molecule has 1 heterocycles. The van der Waals surface area contributed by atoms with Gasteiger partial charge in [0.1, 0.15) is 0 Å². The highest BCUT2D eigenvalue weighted by atomic mass is 16.2. The monoisotopic (exact) mass is 312 g/mol. The zero-order chi connectivity index (χ0) is 15.9. The maximum atomic E-state index is 13.6. The first-order valence-electron chi connectivity index (χ1n) is 9.24. The Morgan fingerprint density at radius 2 is 2.13 bits per heavy atom. The van der Waals surface area contributed by atoms with E-state index in [4.69, 9.17) is 0 Å². The van der Waals surface area contributed by atoms with Crippen LogP contribution in [-0.4, -0.2) is 36.5 Å². The van der Waals surface area contributed by atoms with Crippen molar-refractivity contribution in [1.82, 2.24) is 10.2 Å². The van der Waals surface area contributed by atoms with E-state index in [2.05, 4.69) is 47.5 Å². The van der Waals surface area contributed by atoms with Crippen molar-refractivity contribution in [3.63, 3.8) is 0 Å². The summed E-state index contributed by atoms with van der Waals surface area (Å²) < 4.78 is 0. The molecule has 1 aromatic carbocycles. The van der Waals surface area contributed by atoms with Gasteiger partial charge in [-0.05, 0) is 50.0 Å². The molecule has 1 N–H and O–H groups in total. The fourth-order valence-electron chi connectivity index (χ4n) is 5.39. The van der Waals surface area contributed by atoms with E-state index in [0.717, 1.165) is 38.4 Å². The molecule has 0 spiro atoms. The molecule has 0 aromatic heterocycles. The molecule has 3 fully saturated rings. The molecule has 1 amide bonds. The van der Waals surface area contributed by atoms with Crippen LogP contribution in [0.15, 0.2) is 30.3 Å². The molecular weight excluding hydrogens is 284 g/mol. The largest absolute Gasteiger partial charge is 0.339 e. The smallest absolute Gasteiger partial charge is 0.229 e. The van der Waals surface area contributed by atoms with Crippen LogP contribution in [0.5, 0.6) is 0 Å². The van der Waals surface area contributed by atoms with E-state index < -0.39 is 0 Å². The van der Waals surface area contributed by atoms with E-state index in [9.17, 15) is 4.79 Å². The molecule has 1 aromatic rings. The molecule has 4 rings (SSSR count). The highest BCUT2D eigenvalue weighted by Gasteiger charge is 2.56. The van der Waals surface area contributed by atoms with E-state index in [0.29, 0.717) is 17.9 Å². The molecule has 2 saturated carbocycles. The molecule has 4 unspecified atom stereocenters. The van der Waals surface area contributed by atoms with E-state index >= 15 is 0 Å². The van der Waals surface area contributed by atoms with Crippen LogP contribution in [0.4, 0.5) is 0 Å². The van der Waals surface area contributed by atoms with E-state index in [1.807, 2.05) is 0 Å². The summed E-state index contributed by atoms with van der Waals surface area (Å²) in [7, 11) is 0. The van der Waals surface area contributed by atoms with Gasteiger partial charge >= 0.3 is 0 Å². The number of carbonyl (C=O) groups excluding carboxylic acids is 1. The predicted molar refractivity (Wildman–Crippen MR) is 92.1 cm³/mol. The molecule has 0 radical (unpaired) electrons. The molecule has 3 nitrogen and oxygen atoms in total. The van der Waals surface area contributed by atoms with E-state index in [-0.39, 0.29) is 5.41 Å². The van der Waals surface area contributed by atoms with Crippen molar-refractivity contribution in [2.45, 2.75) is 45.1 Å². The molecule has 1 aliphatic heterocycles. The van der Waals surface area contributed by atoms with Crippen molar-refractivity contribution in [3.8, 4) is 0 Å². The summed E-state index contributed by atoms with van der Waals surface area (Å²) >= 11 is 0. The SMILES string of the molecule is CC1CN(C(=O)C2(Cc3ccccc3)CC3CCC2C3)CCN1. The standard InChI is InChI=1S/C20H28N2O/c1-15-14-22(10-9-21-15)19(23)20(12-16-5-3-2-4-6-16)13-17-7-8-18(20)11-17/h2-6,15,17-18,21H,7-14H2,1H3. The van der Waals surface area contributed by atoms with Crippen LogP contribution in [0.3, 0.4) is 0 Å². The van der Waals surface area contributed by atoms with Gasteiger partial charge in [0.05, 0.1) is 5.41 Å². The predicted octanol–water partition coefficient (Wildman–Crippen LogP) is 2.86. The molecule has 4 atom stereocenters. The first kappa shape index (κ1) is 15.2. The van der Waals surface area contributed by atoms with Gasteiger partial charge in [-0.25, -0.2) is 0 Å². The minimum Gasteiger partial charge on any atom is -0.339 e. The quantitative estimate of drug-likeness (QED) is 0.931. The second-order valence-corrected chi connectivity index (χ2v) is 8.00.